The Hall–Kier alpha value is -0.650. The maximum Gasteiger partial charge on any atom is 0.129 e. The van der Waals surface area contributed by atoms with Crippen molar-refractivity contribution in [3.8, 4) is 0 Å². The van der Waals surface area contributed by atoms with E-state index in [1.807, 2.05) is 13.0 Å². The first-order valence-corrected chi connectivity index (χ1v) is 8.41. The molecule has 1 aliphatic rings. The number of furan rings is 1. The Balaban J connectivity index is 1.90. The van der Waals surface area contributed by atoms with Gasteiger partial charge in [0.15, 0.2) is 0 Å². The number of aliphatic hydroxyl groups excluding tert-OH is 1. The van der Waals surface area contributed by atoms with Crippen LogP contribution >= 0.6 is 0 Å². The first-order valence-electron chi connectivity index (χ1n) is 7.03. The first-order chi connectivity index (χ1) is 9.24. The smallest absolute Gasteiger partial charge is 0.129 e. The van der Waals surface area contributed by atoms with Gasteiger partial charge in [0, 0.05) is 22.6 Å². The maximum absolute atomic E-state index is 12.1. The molecule has 0 spiro atoms. The zero-order chi connectivity index (χ0) is 13.7. The van der Waals surface area contributed by atoms with E-state index >= 15 is 0 Å². The molecule has 1 aliphatic carbocycles. The van der Waals surface area contributed by atoms with E-state index in [4.69, 9.17) is 9.52 Å². The summed E-state index contributed by atoms with van der Waals surface area (Å²) in [6.07, 6.45) is 4.53. The number of nitrogens with one attached hydrogen (secondary N) is 1. The summed E-state index contributed by atoms with van der Waals surface area (Å²) in [6, 6.07) is 3.99. The minimum atomic E-state index is -0.731. The fourth-order valence-corrected chi connectivity index (χ4v) is 4.15. The molecule has 0 amide bonds. The van der Waals surface area contributed by atoms with Crippen LogP contribution in [0.4, 0.5) is 0 Å². The lowest BCUT2D eigenvalue weighted by Gasteiger charge is -2.31. The van der Waals surface area contributed by atoms with Crippen LogP contribution in [0, 0.1) is 0 Å². The summed E-state index contributed by atoms with van der Waals surface area (Å²) in [5.74, 6) is 2.16. The molecule has 0 radical (unpaired) electrons. The Morgan fingerprint density at radius 1 is 1.37 bits per heavy atom. The fourth-order valence-electron chi connectivity index (χ4n) is 2.69. The molecule has 19 heavy (non-hydrogen) atoms. The van der Waals surface area contributed by atoms with Gasteiger partial charge in [-0.15, -0.1) is 0 Å². The van der Waals surface area contributed by atoms with Gasteiger partial charge < -0.3 is 14.8 Å². The van der Waals surface area contributed by atoms with Crippen LogP contribution in [0.2, 0.25) is 0 Å². The van der Waals surface area contributed by atoms with Gasteiger partial charge in [-0.2, -0.15) is 0 Å². The zero-order valence-corrected chi connectivity index (χ0v) is 12.2. The van der Waals surface area contributed by atoms with Crippen molar-refractivity contribution in [1.82, 2.24) is 5.32 Å². The van der Waals surface area contributed by atoms with Crippen molar-refractivity contribution in [3.63, 3.8) is 0 Å². The van der Waals surface area contributed by atoms with E-state index in [0.29, 0.717) is 18.3 Å². The lowest BCUT2D eigenvalue weighted by molar-refractivity contribution is 0.241. The van der Waals surface area contributed by atoms with Gasteiger partial charge in [-0.1, -0.05) is 19.8 Å². The topological polar surface area (TPSA) is 62.5 Å². The highest BCUT2D eigenvalue weighted by molar-refractivity contribution is 7.85. The van der Waals surface area contributed by atoms with Gasteiger partial charge in [0.2, 0.25) is 0 Å². The van der Waals surface area contributed by atoms with Gasteiger partial charge >= 0.3 is 0 Å². The van der Waals surface area contributed by atoms with E-state index in [9.17, 15) is 4.21 Å². The van der Waals surface area contributed by atoms with E-state index in [1.54, 1.807) is 6.07 Å². The van der Waals surface area contributed by atoms with Crippen LogP contribution < -0.4 is 5.32 Å². The average molecular weight is 285 g/mol. The number of rotatable bonds is 6. The molecule has 0 bridgehead atoms. The molecular weight excluding hydrogens is 262 g/mol. The Morgan fingerprint density at radius 2 is 2.11 bits per heavy atom. The van der Waals surface area contributed by atoms with Gasteiger partial charge in [-0.25, -0.2) is 0 Å². The Kier molecular flexibility index (Phi) is 5.60. The summed E-state index contributed by atoms with van der Waals surface area (Å²) in [6.45, 7) is 2.57. The second-order valence-corrected chi connectivity index (χ2v) is 6.95. The molecule has 0 saturated heterocycles. The zero-order valence-electron chi connectivity index (χ0n) is 11.4. The monoisotopic (exact) mass is 285 g/mol. The van der Waals surface area contributed by atoms with Gasteiger partial charge in [-0.05, 0) is 25.0 Å². The van der Waals surface area contributed by atoms with Crippen molar-refractivity contribution in [2.24, 2.45) is 0 Å². The summed E-state index contributed by atoms with van der Waals surface area (Å²) in [5, 5.41) is 12.7. The molecule has 3 atom stereocenters. The summed E-state index contributed by atoms with van der Waals surface area (Å²) in [5.41, 5.74) is 0. The third-order valence-electron chi connectivity index (χ3n) is 3.74. The van der Waals surface area contributed by atoms with Crippen molar-refractivity contribution in [1.29, 1.82) is 0 Å². The second kappa shape index (κ2) is 7.22. The molecular formula is C14H23NO3S. The summed E-state index contributed by atoms with van der Waals surface area (Å²) in [7, 11) is -0.731. The van der Waals surface area contributed by atoms with Crippen LogP contribution in [-0.4, -0.2) is 26.4 Å². The molecule has 5 heteroatoms. The first kappa shape index (κ1) is 14.8. The Morgan fingerprint density at radius 3 is 2.79 bits per heavy atom. The van der Waals surface area contributed by atoms with Gasteiger partial charge in [0.25, 0.3) is 0 Å². The van der Waals surface area contributed by atoms with Crippen LogP contribution in [0.1, 0.15) is 44.1 Å². The van der Waals surface area contributed by atoms with Crippen LogP contribution in [0.25, 0.3) is 0 Å². The predicted octanol–water partition coefficient (Wildman–Crippen LogP) is 1.94. The molecule has 2 rings (SSSR count). The highest BCUT2D eigenvalue weighted by Gasteiger charge is 2.28. The van der Waals surface area contributed by atoms with Crippen molar-refractivity contribution in [3.05, 3.63) is 23.7 Å². The van der Waals surface area contributed by atoms with Crippen molar-refractivity contribution >= 4 is 10.8 Å². The molecule has 1 saturated carbocycles. The molecule has 4 nitrogen and oxygen atoms in total. The lowest BCUT2D eigenvalue weighted by Crippen LogP contribution is -2.44. The van der Waals surface area contributed by atoms with Crippen LogP contribution in [0.5, 0.6) is 0 Å². The predicted molar refractivity (Wildman–Crippen MR) is 76.2 cm³/mol. The minimum absolute atomic E-state index is 0.0636. The van der Waals surface area contributed by atoms with Gasteiger partial charge in [-0.3, -0.25) is 4.21 Å². The van der Waals surface area contributed by atoms with Crippen molar-refractivity contribution in [2.75, 3.05) is 5.75 Å². The standard InChI is InChI=1S/C14H23NO3S/c1-2-19(17)14-6-4-3-5-13(14)15-9-11-7-8-12(10-16)18-11/h7-8,13-16H,2-6,9-10H2,1H3. The highest BCUT2D eigenvalue weighted by Crippen LogP contribution is 2.23. The Bertz CT molecular complexity index is 419. The minimum Gasteiger partial charge on any atom is -0.462 e. The number of hydrogen-bond acceptors (Lipinski definition) is 4. The molecule has 1 fully saturated rings. The van der Waals surface area contributed by atoms with E-state index in [0.717, 1.165) is 24.4 Å². The molecule has 1 heterocycles. The van der Waals surface area contributed by atoms with E-state index in [-0.39, 0.29) is 11.9 Å². The van der Waals surface area contributed by atoms with Crippen LogP contribution in [0.15, 0.2) is 16.5 Å². The Labute approximate surface area is 117 Å². The van der Waals surface area contributed by atoms with E-state index < -0.39 is 10.8 Å². The summed E-state index contributed by atoms with van der Waals surface area (Å²) < 4.78 is 17.5. The average Bonchev–Trinajstić information content (AvgIpc) is 2.92. The van der Waals surface area contributed by atoms with E-state index in [2.05, 4.69) is 5.32 Å². The summed E-state index contributed by atoms with van der Waals surface area (Å²) in [4.78, 5) is 0. The molecule has 1 aromatic rings. The highest BCUT2D eigenvalue weighted by atomic mass is 32.2. The van der Waals surface area contributed by atoms with Gasteiger partial charge in [0.1, 0.15) is 18.1 Å². The molecule has 2 N–H and O–H groups in total. The summed E-state index contributed by atoms with van der Waals surface area (Å²) >= 11 is 0. The number of hydrogen-bond donors (Lipinski definition) is 2. The second-order valence-electron chi connectivity index (χ2n) is 5.01. The molecule has 108 valence electrons. The van der Waals surface area contributed by atoms with E-state index in [1.165, 1.54) is 12.8 Å². The normalized spacial score (nSPS) is 25.4. The maximum atomic E-state index is 12.1. The molecule has 1 aromatic heterocycles. The largest absolute Gasteiger partial charge is 0.462 e. The quantitative estimate of drug-likeness (QED) is 0.838. The SMILES string of the molecule is CCS(=O)C1CCCCC1NCc1ccc(CO)o1. The van der Waals surface area contributed by atoms with Crippen molar-refractivity contribution < 1.29 is 13.7 Å². The third kappa shape index (κ3) is 3.91. The fraction of sp³-hybridized carbons (Fsp3) is 0.714. The van der Waals surface area contributed by atoms with Crippen LogP contribution in [-0.2, 0) is 24.0 Å². The molecule has 0 aliphatic heterocycles. The van der Waals surface area contributed by atoms with Gasteiger partial charge in [0.05, 0.1) is 11.8 Å². The van der Waals surface area contributed by atoms with Crippen LogP contribution in [0.3, 0.4) is 0 Å². The third-order valence-corrected chi connectivity index (χ3v) is 5.54. The van der Waals surface area contributed by atoms with Crippen molar-refractivity contribution in [2.45, 2.75) is 57.1 Å². The number of aliphatic hydroxyl groups is 1. The molecule has 0 aromatic carbocycles. The lowest BCUT2D eigenvalue weighted by atomic mass is 9.95. The molecule has 3 unspecified atom stereocenters.